The molecule has 0 radical (unpaired) electrons. The Labute approximate surface area is 234 Å². The Morgan fingerprint density at radius 3 is 2.44 bits per heavy atom. The lowest BCUT2D eigenvalue weighted by Crippen LogP contribution is -2.29. The van der Waals surface area contributed by atoms with E-state index in [2.05, 4.69) is 32.8 Å². The molecule has 2 aromatic heterocycles. The minimum absolute atomic E-state index is 0.0835. The topological polar surface area (TPSA) is 79.6 Å². The summed E-state index contributed by atoms with van der Waals surface area (Å²) in [5.74, 6) is -0.146. The summed E-state index contributed by atoms with van der Waals surface area (Å²) in [5.41, 5.74) is 7.03. The molecule has 2 aromatic carbocycles. The molecular weight excluding hydrogens is 508 g/mol. The number of hydrogen-bond donors (Lipinski definition) is 2. The predicted octanol–water partition coefficient (Wildman–Crippen LogP) is 6.46. The second-order valence-electron chi connectivity index (χ2n) is 10.1. The lowest BCUT2D eigenvalue weighted by molar-refractivity contribution is 0.0697. The van der Waals surface area contributed by atoms with Crippen LogP contribution in [0.25, 0.3) is 5.69 Å². The highest BCUT2D eigenvalue weighted by Gasteiger charge is 2.42. The minimum Gasteiger partial charge on any atom is -0.491 e. The number of anilines is 1. The largest absolute Gasteiger partial charge is 0.491 e. The second-order valence-corrected chi connectivity index (χ2v) is 10.5. The zero-order chi connectivity index (χ0) is 27.8. The van der Waals surface area contributed by atoms with Gasteiger partial charge >= 0.3 is 5.97 Å². The van der Waals surface area contributed by atoms with Crippen molar-refractivity contribution >= 4 is 29.0 Å². The van der Waals surface area contributed by atoms with E-state index < -0.39 is 5.97 Å². The van der Waals surface area contributed by atoms with Gasteiger partial charge < -0.3 is 24.6 Å². The van der Waals surface area contributed by atoms with Crippen molar-refractivity contribution in [2.24, 2.45) is 0 Å². The molecular formula is C31H32N4O3S. The molecule has 2 N–H and O–H groups in total. The first-order valence-corrected chi connectivity index (χ1v) is 13.4. The quantitative estimate of drug-likeness (QED) is 0.261. The third-order valence-corrected chi connectivity index (χ3v) is 7.39. The van der Waals surface area contributed by atoms with Gasteiger partial charge in [-0.3, -0.25) is 4.98 Å². The predicted molar refractivity (Wildman–Crippen MR) is 157 cm³/mol. The molecule has 0 aliphatic carbocycles. The van der Waals surface area contributed by atoms with E-state index >= 15 is 0 Å². The van der Waals surface area contributed by atoms with E-state index in [4.69, 9.17) is 17.0 Å². The highest BCUT2D eigenvalue weighted by Crippen LogP contribution is 2.44. The number of nitrogens with zero attached hydrogens (tertiary/aromatic N) is 3. The van der Waals surface area contributed by atoms with Crippen LogP contribution in [0.5, 0.6) is 5.75 Å². The van der Waals surface area contributed by atoms with Gasteiger partial charge in [0.05, 0.1) is 29.4 Å². The summed E-state index contributed by atoms with van der Waals surface area (Å²) >= 11 is 5.91. The lowest BCUT2D eigenvalue weighted by Gasteiger charge is -2.28. The van der Waals surface area contributed by atoms with Crippen LogP contribution in [-0.4, -0.2) is 31.8 Å². The van der Waals surface area contributed by atoms with Gasteiger partial charge in [0.25, 0.3) is 0 Å². The fourth-order valence-corrected chi connectivity index (χ4v) is 5.69. The Bertz CT molecular complexity index is 1530. The van der Waals surface area contributed by atoms with Crippen LogP contribution in [0.1, 0.15) is 64.5 Å². The Morgan fingerprint density at radius 1 is 1.05 bits per heavy atom. The van der Waals surface area contributed by atoms with Gasteiger partial charge in [0.1, 0.15) is 5.75 Å². The maximum absolute atomic E-state index is 11.7. The molecule has 0 spiro atoms. The number of hydrogen-bond acceptors (Lipinski definition) is 4. The van der Waals surface area contributed by atoms with Gasteiger partial charge in [-0.05, 0) is 113 Å². The number of thiocarbonyl (C=S) groups is 1. The molecule has 4 aromatic rings. The molecule has 0 saturated carbocycles. The molecule has 1 fully saturated rings. The molecule has 7 nitrogen and oxygen atoms in total. The molecule has 0 bridgehead atoms. The summed E-state index contributed by atoms with van der Waals surface area (Å²) in [6, 6.07) is 20.9. The summed E-state index contributed by atoms with van der Waals surface area (Å²) in [6.45, 7) is 10.1. The van der Waals surface area contributed by atoms with Crippen LogP contribution < -0.4 is 15.0 Å². The molecule has 39 heavy (non-hydrogen) atoms. The van der Waals surface area contributed by atoms with Gasteiger partial charge in [0.15, 0.2) is 5.11 Å². The van der Waals surface area contributed by atoms with Gasteiger partial charge in [0.2, 0.25) is 0 Å². The molecule has 8 heteroatoms. The number of pyridine rings is 1. The third kappa shape index (κ3) is 5.00. The maximum Gasteiger partial charge on any atom is 0.335 e. The molecule has 3 heterocycles. The highest BCUT2D eigenvalue weighted by molar-refractivity contribution is 7.80. The maximum atomic E-state index is 11.7. The van der Waals surface area contributed by atoms with Crippen LogP contribution >= 0.6 is 12.2 Å². The average molecular weight is 541 g/mol. The first-order chi connectivity index (χ1) is 18.7. The minimum atomic E-state index is -0.949. The fourth-order valence-electron chi connectivity index (χ4n) is 5.35. The number of aryl methyl sites for hydroxylation is 2. The van der Waals surface area contributed by atoms with Gasteiger partial charge in [-0.2, -0.15) is 0 Å². The van der Waals surface area contributed by atoms with E-state index in [9.17, 15) is 9.90 Å². The molecule has 0 amide bonds. The Morgan fingerprint density at radius 2 is 1.79 bits per heavy atom. The van der Waals surface area contributed by atoms with Crippen molar-refractivity contribution in [2.45, 2.75) is 52.8 Å². The summed E-state index contributed by atoms with van der Waals surface area (Å²) in [4.78, 5) is 18.6. The second kappa shape index (κ2) is 10.5. The number of nitrogens with one attached hydrogen (secondary N) is 1. The van der Waals surface area contributed by atoms with Gasteiger partial charge in [-0.1, -0.05) is 12.1 Å². The normalized spacial score (nSPS) is 17.0. The molecule has 5 rings (SSSR count). The van der Waals surface area contributed by atoms with E-state index in [1.807, 2.05) is 76.2 Å². The number of aromatic nitrogens is 2. The van der Waals surface area contributed by atoms with Crippen LogP contribution in [0.15, 0.2) is 72.9 Å². The Hall–Kier alpha value is -4.17. The van der Waals surface area contributed by atoms with Gasteiger partial charge in [0, 0.05) is 29.0 Å². The average Bonchev–Trinajstić information content (AvgIpc) is 3.40. The van der Waals surface area contributed by atoms with E-state index in [-0.39, 0.29) is 23.8 Å². The molecule has 1 saturated heterocycles. The molecule has 1 aliphatic heterocycles. The zero-order valence-corrected chi connectivity index (χ0v) is 23.5. The van der Waals surface area contributed by atoms with Crippen LogP contribution in [0, 0.1) is 20.8 Å². The number of ether oxygens (including phenoxy) is 1. The number of carboxylic acids is 1. The highest BCUT2D eigenvalue weighted by atomic mass is 32.1. The first-order valence-electron chi connectivity index (χ1n) is 13.0. The van der Waals surface area contributed by atoms with E-state index in [0.29, 0.717) is 5.11 Å². The molecule has 200 valence electrons. The number of aromatic carboxylic acids is 1. The zero-order valence-electron chi connectivity index (χ0n) is 22.7. The van der Waals surface area contributed by atoms with Crippen molar-refractivity contribution in [2.75, 3.05) is 4.90 Å². The monoisotopic (exact) mass is 540 g/mol. The van der Waals surface area contributed by atoms with Crippen molar-refractivity contribution < 1.29 is 14.6 Å². The van der Waals surface area contributed by atoms with Crippen LogP contribution in [0.4, 0.5) is 5.69 Å². The molecule has 1 aliphatic rings. The fraction of sp³-hybridized carbons (Fsp3) is 0.258. The van der Waals surface area contributed by atoms with Gasteiger partial charge in [-0.25, -0.2) is 4.79 Å². The van der Waals surface area contributed by atoms with Gasteiger partial charge in [-0.15, -0.1) is 0 Å². The van der Waals surface area contributed by atoms with Crippen LogP contribution in [0.2, 0.25) is 0 Å². The molecule has 0 unspecified atom stereocenters. The van der Waals surface area contributed by atoms with Crippen molar-refractivity contribution in [1.29, 1.82) is 0 Å². The number of carbonyl (C=O) groups is 1. The summed E-state index contributed by atoms with van der Waals surface area (Å²) < 4.78 is 7.99. The number of carboxylic acid groups (broad SMARTS) is 1. The first kappa shape index (κ1) is 26.4. The Kier molecular flexibility index (Phi) is 7.14. The van der Waals surface area contributed by atoms with Crippen molar-refractivity contribution in [1.82, 2.24) is 14.9 Å². The summed E-state index contributed by atoms with van der Waals surface area (Å²) in [7, 11) is 0. The third-order valence-electron chi connectivity index (χ3n) is 7.07. The summed E-state index contributed by atoms with van der Waals surface area (Å²) in [6.07, 6.45) is 1.88. The number of benzene rings is 2. The van der Waals surface area contributed by atoms with E-state index in [1.54, 1.807) is 18.3 Å². The smallest absolute Gasteiger partial charge is 0.335 e. The van der Waals surface area contributed by atoms with Crippen molar-refractivity contribution in [3.05, 3.63) is 107 Å². The Balaban J connectivity index is 1.65. The SMILES string of the molecule is Cc1ccc(C(=O)O)cc1-n1c(C)cc([C@@H]2[C@H](c3ccccn3)NC(=S)N2c2ccc(OC(C)C)cc2)c1C. The van der Waals surface area contributed by atoms with Crippen LogP contribution in [0.3, 0.4) is 0 Å². The lowest BCUT2D eigenvalue weighted by atomic mass is 9.96. The van der Waals surface area contributed by atoms with Crippen LogP contribution in [-0.2, 0) is 0 Å². The standard InChI is InChI=1S/C31H32N4O3S/c1-18(2)38-24-13-11-23(12-14-24)35-29(28(33-31(35)39)26-8-6-7-15-32-26)25-16-20(4)34(21(25)5)27-17-22(30(36)37)10-9-19(27)3/h6-18,28-29H,1-5H3,(H,33,39)(H,36,37)/t28-,29+/m0/s1. The van der Waals surface area contributed by atoms with E-state index in [0.717, 1.165) is 45.3 Å². The number of rotatable bonds is 7. The van der Waals surface area contributed by atoms with Crippen molar-refractivity contribution in [3.8, 4) is 11.4 Å². The van der Waals surface area contributed by atoms with Crippen molar-refractivity contribution in [3.63, 3.8) is 0 Å². The van der Waals surface area contributed by atoms with E-state index in [1.165, 1.54) is 0 Å². The molecule has 2 atom stereocenters. The summed E-state index contributed by atoms with van der Waals surface area (Å²) in [5, 5.41) is 13.8.